The number of aromatic amines is 1. The van der Waals surface area contributed by atoms with Crippen molar-refractivity contribution in [3.8, 4) is 0 Å². The largest absolute Gasteiger partial charge is 0.342 e. The predicted octanol–water partition coefficient (Wildman–Crippen LogP) is 2.94. The van der Waals surface area contributed by atoms with E-state index in [-0.39, 0.29) is 6.03 Å². The summed E-state index contributed by atoms with van der Waals surface area (Å²) in [7, 11) is 0. The first kappa shape index (κ1) is 14.5. The van der Waals surface area contributed by atoms with Gasteiger partial charge in [0.2, 0.25) is 0 Å². The summed E-state index contributed by atoms with van der Waals surface area (Å²) in [5, 5.41) is 3.07. The summed E-state index contributed by atoms with van der Waals surface area (Å²) >= 11 is 0. The summed E-state index contributed by atoms with van der Waals surface area (Å²) in [4.78, 5) is 22.3. The second-order valence-corrected chi connectivity index (χ2v) is 6.97. The second kappa shape index (κ2) is 6.22. The Bertz CT molecular complexity index is 640. The van der Waals surface area contributed by atoms with Crippen LogP contribution >= 0.6 is 0 Å². The maximum absolute atomic E-state index is 12.4. The van der Waals surface area contributed by atoms with Gasteiger partial charge in [-0.15, -0.1) is 0 Å². The van der Waals surface area contributed by atoms with E-state index in [2.05, 4.69) is 15.3 Å². The molecule has 2 N–H and O–H groups in total. The summed E-state index contributed by atoms with van der Waals surface area (Å²) in [5.74, 6) is 2.42. The predicted molar refractivity (Wildman–Crippen MR) is 90.2 cm³/mol. The third-order valence-corrected chi connectivity index (χ3v) is 4.71. The number of para-hydroxylation sites is 2. The van der Waals surface area contributed by atoms with Crippen molar-refractivity contribution in [2.75, 3.05) is 19.6 Å². The lowest BCUT2D eigenvalue weighted by Gasteiger charge is -2.23. The topological polar surface area (TPSA) is 61.0 Å². The minimum Gasteiger partial charge on any atom is -0.342 e. The third-order valence-electron chi connectivity index (χ3n) is 4.71. The van der Waals surface area contributed by atoms with Crippen molar-refractivity contribution in [1.29, 1.82) is 0 Å². The van der Waals surface area contributed by atoms with Gasteiger partial charge in [-0.25, -0.2) is 9.78 Å². The highest BCUT2D eigenvalue weighted by atomic mass is 16.2. The van der Waals surface area contributed by atoms with Crippen LogP contribution in [0.25, 0.3) is 11.0 Å². The van der Waals surface area contributed by atoms with Crippen LogP contribution in [-0.4, -0.2) is 40.5 Å². The fraction of sp³-hybridized carbons (Fsp3) is 0.556. The number of H-pyrrole nitrogens is 1. The Hall–Kier alpha value is -2.04. The smallest absolute Gasteiger partial charge is 0.317 e. The fourth-order valence-electron chi connectivity index (χ4n) is 2.99. The molecule has 2 amide bonds. The number of nitrogens with zero attached hydrogens (tertiary/aromatic N) is 2. The number of imidazole rings is 1. The van der Waals surface area contributed by atoms with Gasteiger partial charge in [0.15, 0.2) is 0 Å². The SMILES string of the molecule is O=C(NCCc1nc2ccccc2[nH]1)N(CC1CC1)CC1CC1. The first-order valence-electron chi connectivity index (χ1n) is 8.74. The van der Waals surface area contributed by atoms with Gasteiger partial charge in [0.1, 0.15) is 5.82 Å². The van der Waals surface area contributed by atoms with Gasteiger partial charge in [0.05, 0.1) is 11.0 Å². The van der Waals surface area contributed by atoms with Crippen molar-refractivity contribution in [3.63, 3.8) is 0 Å². The normalized spacial score (nSPS) is 17.4. The molecule has 2 aliphatic carbocycles. The molecule has 0 atom stereocenters. The van der Waals surface area contributed by atoms with Crippen molar-refractivity contribution in [3.05, 3.63) is 30.1 Å². The first-order chi connectivity index (χ1) is 11.3. The molecule has 2 aromatic rings. The molecule has 23 heavy (non-hydrogen) atoms. The van der Waals surface area contributed by atoms with Crippen LogP contribution in [0.4, 0.5) is 4.79 Å². The quantitative estimate of drug-likeness (QED) is 0.826. The van der Waals surface area contributed by atoms with Gasteiger partial charge in [-0.2, -0.15) is 0 Å². The van der Waals surface area contributed by atoms with Crippen LogP contribution in [0.5, 0.6) is 0 Å². The van der Waals surface area contributed by atoms with Crippen molar-refractivity contribution in [2.24, 2.45) is 11.8 Å². The van der Waals surface area contributed by atoms with Crippen molar-refractivity contribution in [1.82, 2.24) is 20.2 Å². The molecule has 0 radical (unpaired) electrons. The number of aromatic nitrogens is 2. The highest BCUT2D eigenvalue weighted by molar-refractivity contribution is 5.75. The number of urea groups is 1. The van der Waals surface area contributed by atoms with Gasteiger partial charge < -0.3 is 15.2 Å². The minimum atomic E-state index is 0.0971. The summed E-state index contributed by atoms with van der Waals surface area (Å²) in [6.45, 7) is 2.50. The summed E-state index contributed by atoms with van der Waals surface area (Å²) in [6.07, 6.45) is 5.88. The van der Waals surface area contributed by atoms with Crippen molar-refractivity contribution < 1.29 is 4.79 Å². The van der Waals surface area contributed by atoms with E-state index in [1.54, 1.807) is 0 Å². The standard InChI is InChI=1S/C18H24N4O/c23-18(22(11-13-5-6-13)12-14-7-8-14)19-10-9-17-20-15-3-1-2-4-16(15)21-17/h1-4,13-14H,5-12H2,(H,19,23)(H,20,21). The lowest BCUT2D eigenvalue weighted by Crippen LogP contribution is -2.43. The Morgan fingerprint density at radius 1 is 1.17 bits per heavy atom. The number of hydrogen-bond acceptors (Lipinski definition) is 2. The Morgan fingerprint density at radius 3 is 2.52 bits per heavy atom. The van der Waals surface area contributed by atoms with E-state index in [1.807, 2.05) is 29.2 Å². The summed E-state index contributed by atoms with van der Waals surface area (Å²) < 4.78 is 0. The average molecular weight is 312 g/mol. The van der Waals surface area contributed by atoms with Crippen LogP contribution in [-0.2, 0) is 6.42 Å². The van der Waals surface area contributed by atoms with E-state index in [4.69, 9.17) is 0 Å². The monoisotopic (exact) mass is 312 g/mol. The lowest BCUT2D eigenvalue weighted by atomic mass is 10.3. The molecule has 0 bridgehead atoms. The molecule has 2 aliphatic rings. The molecular weight excluding hydrogens is 288 g/mol. The van der Waals surface area contributed by atoms with E-state index in [0.717, 1.165) is 48.2 Å². The van der Waals surface area contributed by atoms with Crippen molar-refractivity contribution >= 4 is 17.1 Å². The van der Waals surface area contributed by atoms with E-state index < -0.39 is 0 Å². The number of carbonyl (C=O) groups is 1. The lowest BCUT2D eigenvalue weighted by molar-refractivity contribution is 0.192. The molecular formula is C18H24N4O. The zero-order valence-electron chi connectivity index (χ0n) is 13.4. The summed E-state index contributed by atoms with van der Waals surface area (Å²) in [6, 6.07) is 8.11. The molecule has 1 aromatic carbocycles. The Balaban J connectivity index is 1.29. The molecule has 2 fully saturated rings. The number of amides is 2. The maximum atomic E-state index is 12.4. The first-order valence-corrected chi connectivity index (χ1v) is 8.74. The number of nitrogens with one attached hydrogen (secondary N) is 2. The van der Waals surface area contributed by atoms with E-state index in [1.165, 1.54) is 25.7 Å². The van der Waals surface area contributed by atoms with Crippen LogP contribution in [0.1, 0.15) is 31.5 Å². The molecule has 5 nitrogen and oxygen atoms in total. The molecule has 2 saturated carbocycles. The average Bonchev–Trinajstić information content (AvgIpc) is 3.47. The van der Waals surface area contributed by atoms with Crippen molar-refractivity contribution in [2.45, 2.75) is 32.1 Å². The van der Waals surface area contributed by atoms with Crippen LogP contribution in [0, 0.1) is 11.8 Å². The van der Waals surface area contributed by atoms with E-state index in [9.17, 15) is 4.79 Å². The highest BCUT2D eigenvalue weighted by Crippen LogP contribution is 2.33. The van der Waals surface area contributed by atoms with Gasteiger partial charge in [0, 0.05) is 26.1 Å². The number of fused-ring (bicyclic) bond motifs is 1. The van der Waals surface area contributed by atoms with E-state index in [0.29, 0.717) is 6.54 Å². The Kier molecular flexibility index (Phi) is 3.93. The third kappa shape index (κ3) is 3.84. The highest BCUT2D eigenvalue weighted by Gasteiger charge is 2.31. The second-order valence-electron chi connectivity index (χ2n) is 6.97. The van der Waals surface area contributed by atoms with Gasteiger partial charge in [0.25, 0.3) is 0 Å². The Labute approximate surface area is 136 Å². The molecule has 1 heterocycles. The van der Waals surface area contributed by atoms with Crippen LogP contribution in [0.2, 0.25) is 0 Å². The molecule has 0 saturated heterocycles. The molecule has 122 valence electrons. The number of benzene rings is 1. The van der Waals surface area contributed by atoms with Crippen LogP contribution in [0.3, 0.4) is 0 Å². The zero-order chi connectivity index (χ0) is 15.6. The number of hydrogen-bond donors (Lipinski definition) is 2. The van der Waals surface area contributed by atoms with Crippen LogP contribution in [0.15, 0.2) is 24.3 Å². The number of carbonyl (C=O) groups excluding carboxylic acids is 1. The summed E-state index contributed by atoms with van der Waals surface area (Å²) in [5.41, 5.74) is 2.04. The van der Waals surface area contributed by atoms with Crippen LogP contribution < -0.4 is 5.32 Å². The molecule has 1 aromatic heterocycles. The number of rotatable bonds is 7. The molecule has 5 heteroatoms. The van der Waals surface area contributed by atoms with Gasteiger partial charge >= 0.3 is 6.03 Å². The molecule has 0 spiro atoms. The molecule has 4 rings (SSSR count). The fourth-order valence-corrected chi connectivity index (χ4v) is 2.99. The van der Waals surface area contributed by atoms with Gasteiger partial charge in [-0.05, 0) is 49.7 Å². The molecule has 0 unspecified atom stereocenters. The Morgan fingerprint density at radius 2 is 1.87 bits per heavy atom. The maximum Gasteiger partial charge on any atom is 0.317 e. The van der Waals surface area contributed by atoms with Gasteiger partial charge in [-0.3, -0.25) is 0 Å². The van der Waals surface area contributed by atoms with Gasteiger partial charge in [-0.1, -0.05) is 12.1 Å². The minimum absolute atomic E-state index is 0.0971. The molecule has 0 aliphatic heterocycles. The van der Waals surface area contributed by atoms with E-state index >= 15 is 0 Å². The zero-order valence-corrected chi connectivity index (χ0v) is 13.4.